The zero-order chi connectivity index (χ0) is 23.7. The van der Waals surface area contributed by atoms with E-state index in [1.54, 1.807) is 12.1 Å². The van der Waals surface area contributed by atoms with E-state index in [1.807, 2.05) is 36.4 Å². The molecule has 3 aromatic rings. The summed E-state index contributed by atoms with van der Waals surface area (Å²) in [7, 11) is -0.981. The van der Waals surface area contributed by atoms with Gasteiger partial charge in [0.1, 0.15) is 23.9 Å². The summed E-state index contributed by atoms with van der Waals surface area (Å²) in [6.45, 7) is 5.72. The van der Waals surface area contributed by atoms with Crippen molar-refractivity contribution in [1.82, 2.24) is 0 Å². The summed E-state index contributed by atoms with van der Waals surface area (Å²) in [4.78, 5) is 2.94. The highest BCUT2D eigenvalue weighted by atomic mass is 127. The second-order valence-electron chi connectivity index (χ2n) is 7.42. The van der Waals surface area contributed by atoms with Crippen LogP contribution in [-0.4, -0.2) is 5.11 Å². The third kappa shape index (κ3) is 5.14. The lowest BCUT2D eigenvalue weighted by molar-refractivity contribution is 0.305. The van der Waals surface area contributed by atoms with Gasteiger partial charge in [-0.15, -0.1) is 0 Å². The van der Waals surface area contributed by atoms with Crippen molar-refractivity contribution in [2.45, 2.75) is 23.3 Å². The molecule has 1 aliphatic heterocycles. The maximum Gasteiger partial charge on any atom is 0.142 e. The number of benzene rings is 3. The minimum atomic E-state index is -0.981. The molecule has 7 heteroatoms. The van der Waals surface area contributed by atoms with E-state index in [1.165, 1.54) is 25.1 Å². The average Bonchev–Trinajstić information content (AvgIpc) is 3.08. The number of halogens is 4. The average molecular weight is 688 g/mol. The van der Waals surface area contributed by atoms with Crippen molar-refractivity contribution in [2.24, 2.45) is 0 Å². The summed E-state index contributed by atoms with van der Waals surface area (Å²) >= 11 is 4.20. The Morgan fingerprint density at radius 1 is 1.09 bits per heavy atom. The highest BCUT2D eigenvalue weighted by Crippen LogP contribution is 2.61. The van der Waals surface area contributed by atoms with Crippen molar-refractivity contribution < 1.29 is 18.6 Å². The number of phenols is 1. The molecule has 0 saturated carbocycles. The molecule has 0 fully saturated rings. The third-order valence-electron chi connectivity index (χ3n) is 5.12. The zero-order valence-electron chi connectivity index (χ0n) is 17.6. The SMILES string of the molecule is C=CC1=C(/C=C(\C)F)c2cc(F)ccc2[SH]1c1ccc(OCc2cc(I)c(O)c(I)c2)cc1. The third-order valence-corrected chi connectivity index (χ3v) is 9.36. The second kappa shape index (κ2) is 10.2. The van der Waals surface area contributed by atoms with Crippen LogP contribution in [0, 0.1) is 13.0 Å². The highest BCUT2D eigenvalue weighted by Gasteiger charge is 2.28. The van der Waals surface area contributed by atoms with Gasteiger partial charge in [-0.1, -0.05) is 12.7 Å². The molecule has 170 valence electrons. The molecule has 1 heterocycles. The molecule has 0 saturated heterocycles. The zero-order valence-corrected chi connectivity index (χ0v) is 22.8. The topological polar surface area (TPSA) is 29.5 Å². The Morgan fingerprint density at radius 2 is 1.76 bits per heavy atom. The largest absolute Gasteiger partial charge is 0.506 e. The Bertz CT molecular complexity index is 1270. The van der Waals surface area contributed by atoms with Gasteiger partial charge in [-0.25, -0.2) is 8.78 Å². The maximum atomic E-state index is 14.0. The van der Waals surface area contributed by atoms with Crippen molar-refractivity contribution >= 4 is 61.6 Å². The lowest BCUT2D eigenvalue weighted by atomic mass is 10.0. The van der Waals surface area contributed by atoms with Gasteiger partial charge in [-0.2, -0.15) is 10.9 Å². The Morgan fingerprint density at radius 3 is 2.36 bits per heavy atom. The van der Waals surface area contributed by atoms with Crippen LogP contribution in [0.4, 0.5) is 8.78 Å². The van der Waals surface area contributed by atoms with Gasteiger partial charge in [0, 0.05) is 9.80 Å². The van der Waals surface area contributed by atoms with Crippen molar-refractivity contribution in [3.63, 3.8) is 0 Å². The first-order valence-corrected chi connectivity index (χ1v) is 13.5. The van der Waals surface area contributed by atoms with E-state index in [4.69, 9.17) is 4.74 Å². The summed E-state index contributed by atoms with van der Waals surface area (Å²) in [5.41, 5.74) is 2.36. The van der Waals surface area contributed by atoms with Gasteiger partial charge in [0.2, 0.25) is 0 Å². The van der Waals surface area contributed by atoms with Gasteiger partial charge in [-0.3, -0.25) is 0 Å². The van der Waals surface area contributed by atoms with E-state index in [9.17, 15) is 13.9 Å². The van der Waals surface area contributed by atoms with Crippen molar-refractivity contribution in [2.75, 3.05) is 0 Å². The van der Waals surface area contributed by atoms with Crippen molar-refractivity contribution in [3.8, 4) is 11.5 Å². The number of fused-ring (bicyclic) bond motifs is 1. The quantitative estimate of drug-likeness (QED) is 0.201. The fourth-order valence-corrected chi connectivity index (χ4v) is 8.11. The monoisotopic (exact) mass is 688 g/mol. The number of aromatic hydroxyl groups is 1. The maximum absolute atomic E-state index is 14.0. The molecule has 0 bridgehead atoms. The van der Waals surface area contributed by atoms with Crippen molar-refractivity contribution in [1.29, 1.82) is 0 Å². The minimum absolute atomic E-state index is 0.284. The van der Waals surface area contributed by atoms with Crippen LogP contribution in [0.1, 0.15) is 18.1 Å². The van der Waals surface area contributed by atoms with Crippen LogP contribution in [-0.2, 0) is 6.61 Å². The number of hydrogen-bond acceptors (Lipinski definition) is 2. The summed E-state index contributed by atoms with van der Waals surface area (Å²) in [6, 6.07) is 16.3. The lowest BCUT2D eigenvalue weighted by Crippen LogP contribution is -1.97. The second-order valence-corrected chi connectivity index (χ2v) is 11.9. The predicted octanol–water partition coefficient (Wildman–Crippen LogP) is 8.52. The Hall–Kier alpha value is -1.85. The lowest BCUT2D eigenvalue weighted by Gasteiger charge is -2.20. The van der Waals surface area contributed by atoms with Gasteiger partial charge < -0.3 is 9.84 Å². The summed E-state index contributed by atoms with van der Waals surface area (Å²) in [5, 5.41) is 9.93. The van der Waals surface area contributed by atoms with E-state index in [0.717, 1.165) is 27.4 Å². The minimum Gasteiger partial charge on any atom is -0.506 e. The first-order valence-electron chi connectivity index (χ1n) is 9.99. The van der Waals surface area contributed by atoms with Crippen LogP contribution < -0.4 is 4.74 Å². The smallest absolute Gasteiger partial charge is 0.142 e. The molecule has 0 aliphatic carbocycles. The molecule has 0 radical (unpaired) electrons. The van der Waals surface area contributed by atoms with Crippen molar-refractivity contribution in [3.05, 3.63) is 108 Å². The van der Waals surface area contributed by atoms with E-state index >= 15 is 0 Å². The van der Waals surface area contributed by atoms with Gasteiger partial charge in [-0.05, 0) is 134 Å². The van der Waals surface area contributed by atoms with E-state index in [2.05, 4.69) is 51.8 Å². The van der Waals surface area contributed by atoms with Crippen LogP contribution in [0.5, 0.6) is 11.5 Å². The number of phenolic OH excluding ortho intramolecular Hbond substituents is 1. The van der Waals surface area contributed by atoms with Gasteiger partial charge in [0.05, 0.1) is 13.0 Å². The van der Waals surface area contributed by atoms with Crippen LogP contribution in [0.3, 0.4) is 0 Å². The van der Waals surface area contributed by atoms with E-state index in [-0.39, 0.29) is 17.4 Å². The van der Waals surface area contributed by atoms with Crippen LogP contribution in [0.25, 0.3) is 5.57 Å². The highest BCUT2D eigenvalue weighted by molar-refractivity contribution is 14.1. The van der Waals surface area contributed by atoms with Crippen LogP contribution >= 0.6 is 56.1 Å². The summed E-state index contributed by atoms with van der Waals surface area (Å²) < 4.78 is 35.3. The fraction of sp³-hybridized carbons (Fsp3) is 0.0769. The molecule has 1 aliphatic rings. The molecule has 0 spiro atoms. The molecule has 0 aromatic heterocycles. The fourth-order valence-electron chi connectivity index (χ4n) is 3.70. The normalized spacial score (nSPS) is 16.6. The Labute approximate surface area is 221 Å². The van der Waals surface area contributed by atoms with Crippen LogP contribution in [0.2, 0.25) is 0 Å². The first kappa shape index (κ1) is 24.3. The summed E-state index contributed by atoms with van der Waals surface area (Å²) in [6.07, 6.45) is 3.20. The number of ether oxygens (including phenoxy) is 1. The molecule has 33 heavy (non-hydrogen) atoms. The number of rotatable bonds is 6. The number of allylic oxidation sites excluding steroid dienone is 4. The molecular formula is C26H20F2I2O2S. The Balaban J connectivity index is 1.62. The molecule has 1 unspecified atom stereocenters. The van der Waals surface area contributed by atoms with E-state index < -0.39 is 10.9 Å². The first-order chi connectivity index (χ1) is 15.8. The van der Waals surface area contributed by atoms with Crippen LogP contribution in [0.15, 0.2) is 93.9 Å². The standard InChI is InChI=1S/C26H20F2I2O2S/c1-3-24-20(10-15(2)27)21-13-17(28)4-9-25(21)33(24)19-7-5-18(6-8-19)32-14-16-11-22(29)26(31)23(30)12-16/h3-13,31,33H,1,14H2,2H3/b15-10+. The van der Waals surface area contributed by atoms with Gasteiger partial charge >= 0.3 is 0 Å². The molecule has 1 N–H and O–H groups in total. The van der Waals surface area contributed by atoms with Gasteiger partial charge in [0.15, 0.2) is 0 Å². The molecule has 3 aromatic carbocycles. The molecule has 0 amide bonds. The predicted molar refractivity (Wildman–Crippen MR) is 148 cm³/mol. The molecular weight excluding hydrogens is 668 g/mol. The molecule has 2 nitrogen and oxygen atoms in total. The molecule has 4 rings (SSSR count). The Kier molecular flexibility index (Phi) is 7.49. The number of thiol groups is 1. The summed E-state index contributed by atoms with van der Waals surface area (Å²) in [5.74, 6) is 0.318. The molecule has 1 atom stereocenters. The number of hydrogen-bond donors (Lipinski definition) is 2. The van der Waals surface area contributed by atoms with Gasteiger partial charge in [0.25, 0.3) is 0 Å². The van der Waals surface area contributed by atoms with E-state index in [0.29, 0.717) is 23.5 Å².